The number of rotatable bonds is 2. The average molecular weight is 268 g/mol. The number of nitrogens with zero attached hydrogens (tertiary/aromatic N) is 5. The summed E-state index contributed by atoms with van der Waals surface area (Å²) in [7, 11) is 1.26. The summed E-state index contributed by atoms with van der Waals surface area (Å²) in [5, 5.41) is 4.32. The van der Waals surface area contributed by atoms with Crippen LogP contribution in [-0.4, -0.2) is 37.8 Å². The van der Waals surface area contributed by atoms with Crippen molar-refractivity contribution in [3.05, 3.63) is 28.7 Å². The molecule has 2 rings (SSSR count). The maximum atomic E-state index is 11.3. The summed E-state index contributed by atoms with van der Waals surface area (Å²) in [6.07, 6.45) is 1.37. The van der Waals surface area contributed by atoms with Crippen LogP contribution >= 0.6 is 11.6 Å². The Bertz CT molecular complexity index is 610. The Morgan fingerprint density at radius 3 is 2.78 bits per heavy atom. The third-order valence-electron chi connectivity index (χ3n) is 2.25. The number of carbonyl (C=O) groups is 1. The van der Waals surface area contributed by atoms with Crippen LogP contribution in [0.15, 0.2) is 6.33 Å². The zero-order chi connectivity index (χ0) is 13.3. The Labute approximate surface area is 108 Å². The summed E-state index contributed by atoms with van der Waals surface area (Å²) in [4.78, 5) is 23.3. The first-order chi connectivity index (χ1) is 8.52. The van der Waals surface area contributed by atoms with Crippen LogP contribution in [0.5, 0.6) is 0 Å². The molecule has 8 heteroatoms. The Kier molecular flexibility index (Phi) is 3.24. The van der Waals surface area contributed by atoms with E-state index < -0.39 is 5.97 Å². The smallest absolute Gasteiger partial charge is 0.377 e. The molecule has 0 radical (unpaired) electrons. The highest BCUT2D eigenvalue weighted by Gasteiger charge is 2.15. The van der Waals surface area contributed by atoms with Gasteiger partial charge in [0.1, 0.15) is 17.3 Å². The first-order valence-electron chi connectivity index (χ1n) is 5.04. The Balaban J connectivity index is 2.49. The second-order valence-corrected chi connectivity index (χ2v) is 3.87. The van der Waals surface area contributed by atoms with E-state index in [1.54, 1.807) is 13.8 Å². The van der Waals surface area contributed by atoms with Crippen LogP contribution in [0.2, 0.25) is 5.15 Å². The van der Waals surface area contributed by atoms with Crippen molar-refractivity contribution in [2.45, 2.75) is 13.8 Å². The van der Waals surface area contributed by atoms with E-state index in [4.69, 9.17) is 11.6 Å². The molecule has 0 aliphatic heterocycles. The van der Waals surface area contributed by atoms with Crippen molar-refractivity contribution in [2.24, 2.45) is 0 Å². The topological polar surface area (TPSA) is 82.8 Å². The standard InChI is InChI=1S/C10H10ClN5O2/c1-5-7(11)13-6(2)14-9(5)16-4-12-8(15-16)10(17)18-3/h4H,1-3H3. The van der Waals surface area contributed by atoms with E-state index in [1.165, 1.54) is 18.1 Å². The van der Waals surface area contributed by atoms with Crippen molar-refractivity contribution in [2.75, 3.05) is 7.11 Å². The minimum Gasteiger partial charge on any atom is -0.463 e. The maximum Gasteiger partial charge on any atom is 0.377 e. The van der Waals surface area contributed by atoms with Gasteiger partial charge in [0.05, 0.1) is 7.11 Å². The largest absolute Gasteiger partial charge is 0.463 e. The lowest BCUT2D eigenvalue weighted by molar-refractivity contribution is 0.0587. The molecule has 94 valence electrons. The molecule has 0 fully saturated rings. The zero-order valence-electron chi connectivity index (χ0n) is 10.0. The monoisotopic (exact) mass is 267 g/mol. The van der Waals surface area contributed by atoms with Gasteiger partial charge in [0, 0.05) is 5.56 Å². The second-order valence-electron chi connectivity index (χ2n) is 3.51. The summed E-state index contributed by atoms with van der Waals surface area (Å²) >= 11 is 5.96. The molecule has 18 heavy (non-hydrogen) atoms. The van der Waals surface area contributed by atoms with Crippen LogP contribution < -0.4 is 0 Å². The SMILES string of the molecule is COC(=O)c1ncn(-c2nc(C)nc(Cl)c2C)n1. The molecular weight excluding hydrogens is 258 g/mol. The third kappa shape index (κ3) is 2.17. The van der Waals surface area contributed by atoms with Gasteiger partial charge in [-0.25, -0.2) is 24.4 Å². The molecule has 0 aromatic carbocycles. The lowest BCUT2D eigenvalue weighted by Crippen LogP contribution is -2.08. The zero-order valence-corrected chi connectivity index (χ0v) is 10.8. The van der Waals surface area contributed by atoms with Gasteiger partial charge < -0.3 is 4.74 Å². The van der Waals surface area contributed by atoms with Gasteiger partial charge in [0.2, 0.25) is 0 Å². The number of esters is 1. The number of methoxy groups -OCH3 is 1. The minimum absolute atomic E-state index is 0.0377. The molecule has 0 N–H and O–H groups in total. The molecule has 2 aromatic heterocycles. The van der Waals surface area contributed by atoms with E-state index in [0.717, 1.165) is 0 Å². The molecule has 0 aliphatic carbocycles. The van der Waals surface area contributed by atoms with E-state index in [2.05, 4.69) is 24.8 Å². The van der Waals surface area contributed by atoms with E-state index in [-0.39, 0.29) is 5.82 Å². The fourth-order valence-corrected chi connectivity index (χ4v) is 1.56. The maximum absolute atomic E-state index is 11.3. The molecule has 0 spiro atoms. The number of halogens is 1. The Morgan fingerprint density at radius 2 is 2.11 bits per heavy atom. The van der Waals surface area contributed by atoms with E-state index in [9.17, 15) is 4.79 Å². The number of aromatic nitrogens is 5. The molecule has 0 atom stereocenters. The van der Waals surface area contributed by atoms with Gasteiger partial charge in [-0.1, -0.05) is 11.6 Å². The summed E-state index contributed by atoms with van der Waals surface area (Å²) < 4.78 is 5.89. The fourth-order valence-electron chi connectivity index (χ4n) is 1.35. The Hall–Kier alpha value is -2.02. The summed E-state index contributed by atoms with van der Waals surface area (Å²) in [6, 6.07) is 0. The van der Waals surface area contributed by atoms with Crippen LogP contribution in [0.25, 0.3) is 5.82 Å². The summed E-state index contributed by atoms with van der Waals surface area (Å²) in [5.41, 5.74) is 0.656. The van der Waals surface area contributed by atoms with Crippen molar-refractivity contribution >= 4 is 17.6 Å². The second kappa shape index (κ2) is 4.69. The molecule has 0 amide bonds. The molecule has 0 unspecified atom stereocenters. The van der Waals surface area contributed by atoms with Gasteiger partial charge in [-0.05, 0) is 13.8 Å². The average Bonchev–Trinajstić information content (AvgIpc) is 2.82. The van der Waals surface area contributed by atoms with Crippen molar-refractivity contribution in [3.63, 3.8) is 0 Å². The van der Waals surface area contributed by atoms with Crippen LogP contribution in [0, 0.1) is 13.8 Å². The van der Waals surface area contributed by atoms with Gasteiger partial charge in [0.15, 0.2) is 5.82 Å². The van der Waals surface area contributed by atoms with Gasteiger partial charge in [-0.15, -0.1) is 5.10 Å². The number of carbonyl (C=O) groups excluding carboxylic acids is 1. The fraction of sp³-hybridized carbons (Fsp3) is 0.300. The lowest BCUT2D eigenvalue weighted by Gasteiger charge is -2.06. The van der Waals surface area contributed by atoms with Gasteiger partial charge >= 0.3 is 5.97 Å². The van der Waals surface area contributed by atoms with E-state index >= 15 is 0 Å². The number of aryl methyl sites for hydroxylation is 1. The van der Waals surface area contributed by atoms with E-state index in [0.29, 0.717) is 22.4 Å². The molecule has 0 bridgehead atoms. The molecule has 0 saturated carbocycles. The van der Waals surface area contributed by atoms with Gasteiger partial charge in [-0.2, -0.15) is 0 Å². The molecule has 0 saturated heterocycles. The number of ether oxygens (including phenoxy) is 1. The third-order valence-corrected chi connectivity index (χ3v) is 2.62. The van der Waals surface area contributed by atoms with Crippen LogP contribution in [0.3, 0.4) is 0 Å². The predicted octanol–water partition coefficient (Wildman–Crippen LogP) is 1.11. The van der Waals surface area contributed by atoms with E-state index in [1.807, 2.05) is 0 Å². The quantitative estimate of drug-likeness (QED) is 0.599. The highest BCUT2D eigenvalue weighted by atomic mass is 35.5. The molecule has 2 aromatic rings. The van der Waals surface area contributed by atoms with Crippen LogP contribution in [0.4, 0.5) is 0 Å². The van der Waals surface area contributed by atoms with Crippen LogP contribution in [-0.2, 0) is 4.74 Å². The first-order valence-corrected chi connectivity index (χ1v) is 5.42. The van der Waals surface area contributed by atoms with Crippen molar-refractivity contribution < 1.29 is 9.53 Å². The van der Waals surface area contributed by atoms with Crippen molar-refractivity contribution in [1.82, 2.24) is 24.7 Å². The molecular formula is C10H10ClN5O2. The number of hydrogen-bond acceptors (Lipinski definition) is 6. The molecule has 0 aliphatic rings. The normalized spacial score (nSPS) is 10.4. The molecule has 7 nitrogen and oxygen atoms in total. The minimum atomic E-state index is -0.608. The highest BCUT2D eigenvalue weighted by Crippen LogP contribution is 2.18. The van der Waals surface area contributed by atoms with Crippen molar-refractivity contribution in [3.8, 4) is 5.82 Å². The number of hydrogen-bond donors (Lipinski definition) is 0. The van der Waals surface area contributed by atoms with Gasteiger partial charge in [-0.3, -0.25) is 0 Å². The molecule has 2 heterocycles. The predicted molar refractivity (Wildman–Crippen MR) is 62.8 cm³/mol. The van der Waals surface area contributed by atoms with Crippen molar-refractivity contribution in [1.29, 1.82) is 0 Å². The Morgan fingerprint density at radius 1 is 1.39 bits per heavy atom. The summed E-state index contributed by atoms with van der Waals surface area (Å²) in [5.74, 6) is 0.346. The van der Waals surface area contributed by atoms with Gasteiger partial charge in [0.25, 0.3) is 5.82 Å². The lowest BCUT2D eigenvalue weighted by atomic mass is 10.3. The summed E-state index contributed by atoms with van der Waals surface area (Å²) in [6.45, 7) is 3.48. The highest BCUT2D eigenvalue weighted by molar-refractivity contribution is 6.30. The van der Waals surface area contributed by atoms with Crippen LogP contribution in [0.1, 0.15) is 22.0 Å². The first kappa shape index (κ1) is 12.4.